The van der Waals surface area contributed by atoms with E-state index in [9.17, 15) is 18.0 Å². The molecule has 0 unspecified atom stereocenters. The summed E-state index contributed by atoms with van der Waals surface area (Å²) in [6.07, 6.45) is -3.47. The van der Waals surface area contributed by atoms with E-state index >= 15 is 0 Å². The molecule has 0 atom stereocenters. The standard InChI is InChI=1S/C18H12F3N3O2S2/c19-18(20,21)11-6-7-22-15(9-11)26-13-4-1-3-12(10-13)23-17(27)24-16(25)14-5-2-8-28-14/h1-10H,(H2,23,24,25,27). The molecule has 28 heavy (non-hydrogen) atoms. The summed E-state index contributed by atoms with van der Waals surface area (Å²) in [6, 6.07) is 11.4. The summed E-state index contributed by atoms with van der Waals surface area (Å²) in [5.74, 6) is -0.280. The molecule has 10 heteroatoms. The monoisotopic (exact) mass is 423 g/mol. The molecule has 1 aromatic carbocycles. The fourth-order valence-corrected chi connectivity index (χ4v) is 2.96. The Kier molecular flexibility index (Phi) is 5.90. The normalized spacial score (nSPS) is 11.0. The molecular formula is C18H12F3N3O2S2. The van der Waals surface area contributed by atoms with Crippen molar-refractivity contribution in [3.8, 4) is 11.6 Å². The van der Waals surface area contributed by atoms with E-state index in [0.29, 0.717) is 10.6 Å². The number of nitrogens with one attached hydrogen (secondary N) is 2. The van der Waals surface area contributed by atoms with Gasteiger partial charge in [0.2, 0.25) is 5.88 Å². The van der Waals surface area contributed by atoms with Gasteiger partial charge in [-0.1, -0.05) is 12.1 Å². The Hall–Kier alpha value is -2.98. The van der Waals surface area contributed by atoms with Crippen molar-refractivity contribution < 1.29 is 22.7 Å². The van der Waals surface area contributed by atoms with E-state index in [1.165, 1.54) is 17.4 Å². The summed E-state index contributed by atoms with van der Waals surface area (Å²) in [5, 5.41) is 7.21. The minimum absolute atomic E-state index is 0.0766. The SMILES string of the molecule is O=C(NC(=S)Nc1cccc(Oc2cc(C(F)(F)F)ccn2)c1)c1cccs1. The van der Waals surface area contributed by atoms with Crippen molar-refractivity contribution in [2.24, 2.45) is 0 Å². The lowest BCUT2D eigenvalue weighted by atomic mass is 10.2. The van der Waals surface area contributed by atoms with Gasteiger partial charge in [-0.25, -0.2) is 4.98 Å². The summed E-state index contributed by atoms with van der Waals surface area (Å²) < 4.78 is 43.7. The number of hydrogen-bond donors (Lipinski definition) is 2. The summed E-state index contributed by atoms with van der Waals surface area (Å²) in [7, 11) is 0. The molecule has 2 heterocycles. The van der Waals surface area contributed by atoms with Crippen LogP contribution in [0, 0.1) is 0 Å². The number of hydrogen-bond acceptors (Lipinski definition) is 5. The van der Waals surface area contributed by atoms with Crippen LogP contribution in [0.15, 0.2) is 60.1 Å². The number of amides is 1. The van der Waals surface area contributed by atoms with Crippen LogP contribution in [0.25, 0.3) is 0 Å². The Morgan fingerprint density at radius 1 is 1.14 bits per heavy atom. The molecule has 0 aliphatic carbocycles. The van der Waals surface area contributed by atoms with Crippen molar-refractivity contribution >= 4 is 40.3 Å². The Balaban J connectivity index is 1.66. The first-order valence-corrected chi connectivity index (χ1v) is 9.07. The van der Waals surface area contributed by atoms with Crippen molar-refractivity contribution in [2.75, 3.05) is 5.32 Å². The number of carbonyl (C=O) groups is 1. The Labute approximate surface area is 167 Å². The number of anilines is 1. The number of alkyl halides is 3. The maximum Gasteiger partial charge on any atom is 0.416 e. The zero-order chi connectivity index (χ0) is 20.1. The molecule has 0 bridgehead atoms. The number of thiocarbonyl (C=S) groups is 1. The van der Waals surface area contributed by atoms with Gasteiger partial charge >= 0.3 is 6.18 Å². The van der Waals surface area contributed by atoms with Crippen LogP contribution in [0.3, 0.4) is 0 Å². The third-order valence-electron chi connectivity index (χ3n) is 3.35. The topological polar surface area (TPSA) is 63.2 Å². The zero-order valence-corrected chi connectivity index (χ0v) is 15.6. The third kappa shape index (κ3) is 5.27. The van der Waals surface area contributed by atoms with Crippen LogP contribution in [0.5, 0.6) is 11.6 Å². The third-order valence-corrected chi connectivity index (χ3v) is 4.42. The number of rotatable bonds is 4. The molecule has 0 fully saturated rings. The first kappa shape index (κ1) is 19.8. The van der Waals surface area contributed by atoms with E-state index in [1.54, 1.807) is 35.7 Å². The van der Waals surface area contributed by atoms with Gasteiger partial charge in [0.25, 0.3) is 5.91 Å². The number of halogens is 3. The molecule has 0 saturated heterocycles. The van der Waals surface area contributed by atoms with Crippen LogP contribution in [-0.4, -0.2) is 16.0 Å². The van der Waals surface area contributed by atoms with Crippen molar-refractivity contribution in [3.05, 3.63) is 70.5 Å². The number of benzene rings is 1. The van der Waals surface area contributed by atoms with Gasteiger partial charge in [-0.3, -0.25) is 10.1 Å². The number of ether oxygens (including phenoxy) is 1. The first-order chi connectivity index (χ1) is 13.3. The van der Waals surface area contributed by atoms with Crippen LogP contribution < -0.4 is 15.4 Å². The predicted octanol–water partition coefficient (Wildman–Crippen LogP) is 5.08. The fourth-order valence-electron chi connectivity index (χ4n) is 2.13. The van der Waals surface area contributed by atoms with Crippen LogP contribution in [0.1, 0.15) is 15.2 Å². The van der Waals surface area contributed by atoms with E-state index < -0.39 is 11.7 Å². The summed E-state index contributed by atoms with van der Waals surface area (Å²) in [4.78, 5) is 16.3. The molecule has 144 valence electrons. The molecule has 5 nitrogen and oxygen atoms in total. The second-order valence-corrected chi connectivity index (χ2v) is 6.75. The van der Waals surface area contributed by atoms with Crippen molar-refractivity contribution in [1.82, 2.24) is 10.3 Å². The molecule has 2 N–H and O–H groups in total. The van der Waals surface area contributed by atoms with Crippen LogP contribution >= 0.6 is 23.6 Å². The largest absolute Gasteiger partial charge is 0.439 e. The zero-order valence-electron chi connectivity index (χ0n) is 14.0. The van der Waals surface area contributed by atoms with Gasteiger partial charge < -0.3 is 10.1 Å². The van der Waals surface area contributed by atoms with Gasteiger partial charge in [-0.05, 0) is 41.9 Å². The highest BCUT2D eigenvalue weighted by molar-refractivity contribution is 7.80. The molecular weight excluding hydrogens is 411 g/mol. The summed E-state index contributed by atoms with van der Waals surface area (Å²) >= 11 is 6.38. The summed E-state index contributed by atoms with van der Waals surface area (Å²) in [6.45, 7) is 0. The maximum absolute atomic E-state index is 12.8. The number of pyridine rings is 1. The minimum Gasteiger partial charge on any atom is -0.439 e. The molecule has 0 radical (unpaired) electrons. The molecule has 3 rings (SSSR count). The Morgan fingerprint density at radius 3 is 2.68 bits per heavy atom. The molecule has 0 saturated carbocycles. The van der Waals surface area contributed by atoms with E-state index in [4.69, 9.17) is 17.0 Å². The van der Waals surface area contributed by atoms with Crippen LogP contribution in [-0.2, 0) is 6.18 Å². The summed E-state index contributed by atoms with van der Waals surface area (Å²) in [5.41, 5.74) is -0.370. The molecule has 3 aromatic rings. The van der Waals surface area contributed by atoms with Gasteiger partial charge in [0.15, 0.2) is 5.11 Å². The number of carbonyl (C=O) groups excluding carboxylic acids is 1. The smallest absolute Gasteiger partial charge is 0.416 e. The molecule has 0 aliphatic heterocycles. The van der Waals surface area contributed by atoms with Crippen LogP contribution in [0.2, 0.25) is 0 Å². The Morgan fingerprint density at radius 2 is 1.96 bits per heavy atom. The van der Waals surface area contributed by atoms with Gasteiger partial charge in [-0.2, -0.15) is 13.2 Å². The maximum atomic E-state index is 12.8. The minimum atomic E-state index is -4.49. The average Bonchev–Trinajstić information content (AvgIpc) is 3.16. The molecule has 1 amide bonds. The molecule has 0 aliphatic rings. The Bertz CT molecular complexity index is 992. The van der Waals surface area contributed by atoms with Gasteiger partial charge in [0.05, 0.1) is 10.4 Å². The molecule has 0 spiro atoms. The van der Waals surface area contributed by atoms with E-state index in [1.807, 2.05) is 0 Å². The highest BCUT2D eigenvalue weighted by Crippen LogP contribution is 2.32. The molecule has 2 aromatic heterocycles. The number of aromatic nitrogens is 1. The van der Waals surface area contributed by atoms with Crippen molar-refractivity contribution in [1.29, 1.82) is 0 Å². The van der Waals surface area contributed by atoms with Crippen LogP contribution in [0.4, 0.5) is 18.9 Å². The van der Waals surface area contributed by atoms with E-state index in [2.05, 4.69) is 15.6 Å². The lowest BCUT2D eigenvalue weighted by Crippen LogP contribution is -2.33. The highest BCUT2D eigenvalue weighted by atomic mass is 32.1. The fraction of sp³-hybridized carbons (Fsp3) is 0.0556. The first-order valence-electron chi connectivity index (χ1n) is 7.78. The number of nitrogens with zero attached hydrogens (tertiary/aromatic N) is 1. The number of thiophene rings is 1. The lowest BCUT2D eigenvalue weighted by molar-refractivity contribution is -0.137. The average molecular weight is 423 g/mol. The lowest BCUT2D eigenvalue weighted by Gasteiger charge is -2.11. The quantitative estimate of drug-likeness (QED) is 0.573. The van der Waals surface area contributed by atoms with Crippen molar-refractivity contribution in [2.45, 2.75) is 6.18 Å². The van der Waals surface area contributed by atoms with Crippen molar-refractivity contribution in [3.63, 3.8) is 0 Å². The van der Waals surface area contributed by atoms with Gasteiger partial charge in [0.1, 0.15) is 5.75 Å². The van der Waals surface area contributed by atoms with E-state index in [-0.39, 0.29) is 22.6 Å². The second-order valence-electron chi connectivity index (χ2n) is 5.40. The van der Waals surface area contributed by atoms with E-state index in [0.717, 1.165) is 18.3 Å². The second kappa shape index (κ2) is 8.36. The predicted molar refractivity (Wildman–Crippen MR) is 104 cm³/mol. The van der Waals surface area contributed by atoms with Gasteiger partial charge in [-0.15, -0.1) is 11.3 Å². The highest BCUT2D eigenvalue weighted by Gasteiger charge is 2.31. The van der Waals surface area contributed by atoms with Gasteiger partial charge in [0, 0.05) is 24.0 Å².